The van der Waals surface area contributed by atoms with Gasteiger partial charge < -0.3 is 15.0 Å². The number of carbonyl (C=O) groups excluding carboxylic acids is 1. The van der Waals surface area contributed by atoms with Gasteiger partial charge in [-0.25, -0.2) is 4.39 Å². The lowest BCUT2D eigenvalue weighted by atomic mass is 10.1. The van der Waals surface area contributed by atoms with Gasteiger partial charge in [0.15, 0.2) is 0 Å². The number of aromatic nitrogens is 1. The highest BCUT2D eigenvalue weighted by Gasteiger charge is 2.35. The number of para-hydroxylation sites is 1. The van der Waals surface area contributed by atoms with Gasteiger partial charge in [0.1, 0.15) is 6.17 Å². The summed E-state index contributed by atoms with van der Waals surface area (Å²) in [5.74, 6) is -0.229. The highest BCUT2D eigenvalue weighted by molar-refractivity contribution is 6.05. The van der Waals surface area contributed by atoms with E-state index in [1.807, 2.05) is 12.1 Å². The molecule has 4 nitrogen and oxygen atoms in total. The summed E-state index contributed by atoms with van der Waals surface area (Å²) in [6.45, 7) is -0.145. The Morgan fingerprint density at radius 3 is 3.11 bits per heavy atom. The SMILES string of the molecule is O=C(c1cccc2cc[nH]c12)N1C[C@@H](F)C[C@H]1CO. The van der Waals surface area contributed by atoms with Crippen LogP contribution in [0.2, 0.25) is 0 Å². The Morgan fingerprint density at radius 2 is 2.32 bits per heavy atom. The van der Waals surface area contributed by atoms with Crippen molar-refractivity contribution in [1.82, 2.24) is 9.88 Å². The molecule has 2 heterocycles. The monoisotopic (exact) mass is 262 g/mol. The zero-order chi connectivity index (χ0) is 13.4. The van der Waals surface area contributed by atoms with Gasteiger partial charge >= 0.3 is 0 Å². The molecule has 1 aromatic heterocycles. The number of aliphatic hydroxyl groups is 1. The van der Waals surface area contributed by atoms with Gasteiger partial charge in [-0.3, -0.25) is 4.79 Å². The molecule has 0 aliphatic carbocycles. The lowest BCUT2D eigenvalue weighted by Crippen LogP contribution is -2.38. The van der Waals surface area contributed by atoms with Crippen molar-refractivity contribution in [2.24, 2.45) is 0 Å². The normalized spacial score (nSPS) is 23.2. The fourth-order valence-electron chi connectivity index (χ4n) is 2.70. The van der Waals surface area contributed by atoms with Gasteiger partial charge in [-0.15, -0.1) is 0 Å². The zero-order valence-electron chi connectivity index (χ0n) is 10.3. The van der Waals surface area contributed by atoms with Crippen LogP contribution in [0.5, 0.6) is 0 Å². The Balaban J connectivity index is 1.97. The van der Waals surface area contributed by atoms with Crippen LogP contribution in [-0.4, -0.2) is 46.3 Å². The number of fused-ring (bicyclic) bond motifs is 1. The van der Waals surface area contributed by atoms with Gasteiger partial charge in [-0.05, 0) is 12.1 Å². The minimum absolute atomic E-state index is 0.0567. The maximum Gasteiger partial charge on any atom is 0.256 e. The molecule has 3 rings (SSSR count). The van der Waals surface area contributed by atoms with Crippen LogP contribution in [0.1, 0.15) is 16.8 Å². The first kappa shape index (κ1) is 12.2. The van der Waals surface area contributed by atoms with Crippen molar-refractivity contribution in [2.75, 3.05) is 13.2 Å². The van der Waals surface area contributed by atoms with E-state index in [0.717, 1.165) is 10.9 Å². The molecular formula is C14H15FN2O2. The lowest BCUT2D eigenvalue weighted by Gasteiger charge is -2.22. The maximum absolute atomic E-state index is 13.4. The Kier molecular flexibility index (Phi) is 2.98. The summed E-state index contributed by atoms with van der Waals surface area (Å²) >= 11 is 0. The van der Waals surface area contributed by atoms with Crippen LogP contribution in [0.15, 0.2) is 30.5 Å². The third-order valence-electron chi connectivity index (χ3n) is 3.65. The molecular weight excluding hydrogens is 247 g/mol. The van der Waals surface area contributed by atoms with E-state index in [0.29, 0.717) is 5.56 Å². The number of rotatable bonds is 2. The first-order valence-electron chi connectivity index (χ1n) is 6.32. The van der Waals surface area contributed by atoms with Crippen LogP contribution in [0.4, 0.5) is 4.39 Å². The van der Waals surface area contributed by atoms with E-state index in [4.69, 9.17) is 0 Å². The van der Waals surface area contributed by atoms with Gasteiger partial charge in [-0.2, -0.15) is 0 Å². The maximum atomic E-state index is 13.4. The highest BCUT2D eigenvalue weighted by Crippen LogP contribution is 2.25. The number of aliphatic hydroxyl groups excluding tert-OH is 1. The molecule has 19 heavy (non-hydrogen) atoms. The number of nitrogens with zero attached hydrogens (tertiary/aromatic N) is 1. The van der Waals surface area contributed by atoms with Crippen molar-refractivity contribution in [2.45, 2.75) is 18.6 Å². The molecule has 0 saturated carbocycles. The van der Waals surface area contributed by atoms with E-state index in [1.165, 1.54) is 4.90 Å². The minimum atomic E-state index is -1.05. The summed E-state index contributed by atoms with van der Waals surface area (Å²) in [6, 6.07) is 6.90. The Hall–Kier alpha value is -1.88. The summed E-state index contributed by atoms with van der Waals surface area (Å²) in [5, 5.41) is 10.2. The lowest BCUT2D eigenvalue weighted by molar-refractivity contribution is 0.0674. The number of nitrogens with one attached hydrogen (secondary N) is 1. The van der Waals surface area contributed by atoms with Crippen LogP contribution in [0, 0.1) is 0 Å². The molecule has 0 bridgehead atoms. The van der Waals surface area contributed by atoms with Crippen LogP contribution in [-0.2, 0) is 0 Å². The summed E-state index contributed by atoms with van der Waals surface area (Å²) in [7, 11) is 0. The van der Waals surface area contributed by atoms with E-state index < -0.39 is 12.2 Å². The van der Waals surface area contributed by atoms with Crippen molar-refractivity contribution >= 4 is 16.8 Å². The number of hydrogen-bond acceptors (Lipinski definition) is 2. The summed E-state index contributed by atoms with van der Waals surface area (Å²) in [6.07, 6.45) is 0.930. The molecule has 1 aliphatic rings. The largest absolute Gasteiger partial charge is 0.394 e. The third kappa shape index (κ3) is 2.00. The van der Waals surface area contributed by atoms with Crippen molar-refractivity contribution in [3.8, 4) is 0 Å². The smallest absolute Gasteiger partial charge is 0.256 e. The molecule has 0 unspecified atom stereocenters. The zero-order valence-corrected chi connectivity index (χ0v) is 10.3. The number of halogens is 1. The Bertz CT molecular complexity index is 610. The number of H-pyrrole nitrogens is 1. The predicted molar refractivity (Wildman–Crippen MR) is 69.7 cm³/mol. The Morgan fingerprint density at radius 1 is 1.47 bits per heavy atom. The predicted octanol–water partition coefficient (Wildman–Crippen LogP) is 1.71. The van der Waals surface area contributed by atoms with Gasteiger partial charge in [0.05, 0.1) is 30.3 Å². The number of carbonyl (C=O) groups is 1. The van der Waals surface area contributed by atoms with Crippen LogP contribution >= 0.6 is 0 Å². The standard InChI is InChI=1S/C14H15FN2O2/c15-10-6-11(8-18)17(7-10)14(19)12-3-1-2-9-4-5-16-13(9)12/h1-5,10-11,16,18H,6-8H2/t10-,11-/m0/s1. The van der Waals surface area contributed by atoms with Gasteiger partial charge in [0.2, 0.25) is 0 Å². The van der Waals surface area contributed by atoms with Crippen molar-refractivity contribution in [3.05, 3.63) is 36.0 Å². The summed E-state index contributed by atoms with van der Waals surface area (Å²) in [5.41, 5.74) is 1.28. The molecule has 0 radical (unpaired) electrons. The summed E-state index contributed by atoms with van der Waals surface area (Å²) in [4.78, 5) is 17.0. The molecule has 2 N–H and O–H groups in total. The molecule has 1 fully saturated rings. The number of likely N-dealkylation sites (tertiary alicyclic amines) is 1. The first-order valence-corrected chi connectivity index (χ1v) is 6.32. The van der Waals surface area contributed by atoms with Gasteiger partial charge in [-0.1, -0.05) is 12.1 Å². The second-order valence-corrected chi connectivity index (χ2v) is 4.87. The molecule has 5 heteroatoms. The number of alkyl halides is 1. The van der Waals surface area contributed by atoms with Crippen LogP contribution < -0.4 is 0 Å². The van der Waals surface area contributed by atoms with Crippen molar-refractivity contribution < 1.29 is 14.3 Å². The summed E-state index contributed by atoms with van der Waals surface area (Å²) < 4.78 is 13.4. The molecule has 0 spiro atoms. The average molecular weight is 262 g/mol. The van der Waals surface area contributed by atoms with E-state index in [1.54, 1.807) is 18.3 Å². The molecule has 2 atom stereocenters. The van der Waals surface area contributed by atoms with Crippen molar-refractivity contribution in [1.29, 1.82) is 0 Å². The minimum Gasteiger partial charge on any atom is -0.394 e. The molecule has 2 aromatic rings. The fraction of sp³-hybridized carbons (Fsp3) is 0.357. The van der Waals surface area contributed by atoms with Gasteiger partial charge in [0, 0.05) is 18.0 Å². The Labute approximate surface area is 109 Å². The average Bonchev–Trinajstić information content (AvgIpc) is 3.03. The first-order chi connectivity index (χ1) is 9.20. The topological polar surface area (TPSA) is 56.3 Å². The third-order valence-corrected chi connectivity index (χ3v) is 3.65. The van der Waals surface area contributed by atoms with E-state index in [9.17, 15) is 14.3 Å². The molecule has 1 amide bonds. The number of amides is 1. The van der Waals surface area contributed by atoms with E-state index >= 15 is 0 Å². The van der Waals surface area contributed by atoms with Gasteiger partial charge in [0.25, 0.3) is 5.91 Å². The molecule has 100 valence electrons. The van der Waals surface area contributed by atoms with E-state index in [-0.39, 0.29) is 25.5 Å². The fourth-order valence-corrected chi connectivity index (χ4v) is 2.70. The van der Waals surface area contributed by atoms with Crippen molar-refractivity contribution in [3.63, 3.8) is 0 Å². The second-order valence-electron chi connectivity index (χ2n) is 4.87. The quantitative estimate of drug-likeness (QED) is 0.865. The van der Waals surface area contributed by atoms with E-state index in [2.05, 4.69) is 4.98 Å². The number of benzene rings is 1. The number of hydrogen-bond donors (Lipinski definition) is 2. The number of aromatic amines is 1. The molecule has 1 aromatic carbocycles. The highest BCUT2D eigenvalue weighted by atomic mass is 19.1. The van der Waals surface area contributed by atoms with Crippen LogP contribution in [0.25, 0.3) is 10.9 Å². The molecule has 1 aliphatic heterocycles. The molecule has 1 saturated heterocycles. The second kappa shape index (κ2) is 4.66. The van der Waals surface area contributed by atoms with Crippen LogP contribution in [0.3, 0.4) is 0 Å².